The first-order valence-corrected chi connectivity index (χ1v) is 3.17. The Bertz CT molecular complexity index is 249. The van der Waals surface area contributed by atoms with E-state index in [2.05, 4.69) is 6.07 Å². The van der Waals surface area contributed by atoms with Crippen molar-refractivity contribution >= 4 is 7.69 Å². The fraction of sp³-hybridized carbons (Fsp3) is 0.143. The summed E-state index contributed by atoms with van der Waals surface area (Å²) >= 11 is 0. The van der Waals surface area contributed by atoms with Gasteiger partial charge < -0.3 is 15.2 Å². The molecule has 0 bridgehead atoms. The summed E-state index contributed by atoms with van der Waals surface area (Å²) in [6.45, 7) is 0.198. The van der Waals surface area contributed by atoms with Crippen molar-refractivity contribution < 1.29 is 15.2 Å². The highest BCUT2D eigenvalue weighted by Gasteiger charge is 2.14. The van der Waals surface area contributed by atoms with Crippen LogP contribution in [0.3, 0.4) is 0 Å². The second-order valence-corrected chi connectivity index (χ2v) is 2.15. The Morgan fingerprint density at radius 3 is 2.00 bits per heavy atom. The van der Waals surface area contributed by atoms with Crippen LogP contribution in [0.25, 0.3) is 11.1 Å². The molecule has 57 valence electrons. The third-order valence-corrected chi connectivity index (χ3v) is 1.59. The van der Waals surface area contributed by atoms with Crippen molar-refractivity contribution in [2.24, 2.45) is 0 Å². The van der Waals surface area contributed by atoms with E-state index in [0.717, 1.165) is 5.56 Å². The van der Waals surface area contributed by atoms with Gasteiger partial charge in [-0.25, -0.2) is 0 Å². The molecule has 2 rings (SSSR count). The molecule has 0 fully saturated rings. The van der Waals surface area contributed by atoms with Crippen molar-refractivity contribution in [2.75, 3.05) is 0 Å². The molecule has 0 aromatic heterocycles. The Labute approximate surface area is 65.2 Å². The zero-order valence-corrected chi connectivity index (χ0v) is 5.86. The number of benzene rings is 1. The third kappa shape index (κ3) is 1.43. The van der Waals surface area contributed by atoms with E-state index < -0.39 is 0 Å². The Hall–Kier alpha value is -0.835. The maximum absolute atomic E-state index is 8.57. The van der Waals surface area contributed by atoms with E-state index in [4.69, 9.17) is 15.2 Å². The molecule has 0 aromatic carbocycles. The first kappa shape index (κ1) is 8.26. The minimum atomic E-state index is 0. The third-order valence-electron chi connectivity index (χ3n) is 1.59. The number of aliphatic hydroxyl groups excluding tert-OH is 1. The predicted octanol–water partition coefficient (Wildman–Crippen LogP) is -0.336. The van der Waals surface area contributed by atoms with Gasteiger partial charge in [0.05, 0.1) is 6.61 Å². The average molecular weight is 151 g/mol. The first-order valence-electron chi connectivity index (χ1n) is 3.17. The normalized spacial score (nSPS) is 9.73. The molecule has 0 unspecified atom stereocenters. The highest BCUT2D eigenvalue weighted by Crippen LogP contribution is 2.35. The predicted molar refractivity (Wildman–Crippen MR) is 41.6 cm³/mol. The summed E-state index contributed by atoms with van der Waals surface area (Å²) in [4.78, 5) is 0. The van der Waals surface area contributed by atoms with Gasteiger partial charge in [-0.3, -0.25) is 0 Å². The van der Waals surface area contributed by atoms with Crippen LogP contribution in [0, 0.1) is 0 Å². The van der Waals surface area contributed by atoms with Crippen LogP contribution in [0.1, 0.15) is 5.56 Å². The largest absolute Gasteiger partial charge is 0.482 e. The van der Waals surface area contributed by atoms with E-state index in [9.17, 15) is 0 Å². The molecule has 0 amide bonds. The van der Waals surface area contributed by atoms with Crippen molar-refractivity contribution in [1.29, 1.82) is 0 Å². The quantitative estimate of drug-likeness (QED) is 0.488. The summed E-state index contributed by atoms with van der Waals surface area (Å²) in [6.07, 6.45) is 0. The van der Waals surface area contributed by atoms with Gasteiger partial charge in [0.1, 0.15) is 0 Å². The highest BCUT2D eigenvalue weighted by molar-refractivity contribution is 6.13. The summed E-state index contributed by atoms with van der Waals surface area (Å²) in [6, 6.07) is 6.09. The standard InChI is InChI=1S/C7H6O.BH2O2/c8-4-6-3-5-1-2-7(5)6;2-1-3/h1-3,8H,4H2;2-3H. The monoisotopic (exact) mass is 151 g/mol. The maximum atomic E-state index is 8.57. The van der Waals surface area contributed by atoms with Crippen LogP contribution in [0.2, 0.25) is 0 Å². The molecule has 0 saturated carbocycles. The number of fused-ring (bicyclic) bond motifs is 1. The number of hydrogen-bond donors (Lipinski definition) is 3. The van der Waals surface area contributed by atoms with E-state index in [1.807, 2.05) is 12.1 Å². The smallest absolute Gasteiger partial charge is 0.429 e. The van der Waals surface area contributed by atoms with Crippen molar-refractivity contribution in [3.8, 4) is 11.1 Å². The minimum Gasteiger partial charge on any atom is -0.429 e. The lowest BCUT2D eigenvalue weighted by molar-refractivity contribution is 0.281. The summed E-state index contributed by atoms with van der Waals surface area (Å²) in [5.41, 5.74) is 3.64. The van der Waals surface area contributed by atoms with Crippen LogP contribution in [0.5, 0.6) is 0 Å². The Kier molecular flexibility index (Phi) is 2.65. The van der Waals surface area contributed by atoms with Gasteiger partial charge in [-0.15, -0.1) is 0 Å². The van der Waals surface area contributed by atoms with Gasteiger partial charge in [-0.1, -0.05) is 12.1 Å². The van der Waals surface area contributed by atoms with Crippen molar-refractivity contribution in [3.05, 3.63) is 23.8 Å². The molecule has 2 aliphatic carbocycles. The van der Waals surface area contributed by atoms with Gasteiger partial charge >= 0.3 is 7.69 Å². The van der Waals surface area contributed by atoms with Gasteiger partial charge in [0.2, 0.25) is 0 Å². The van der Waals surface area contributed by atoms with E-state index in [0.29, 0.717) is 0 Å². The van der Waals surface area contributed by atoms with Crippen molar-refractivity contribution in [2.45, 2.75) is 6.61 Å². The van der Waals surface area contributed by atoms with Gasteiger partial charge in [-0.2, -0.15) is 0 Å². The molecule has 0 heterocycles. The average Bonchev–Trinajstić information content (AvgIpc) is 1.96. The second-order valence-electron chi connectivity index (χ2n) is 2.15. The lowest BCUT2D eigenvalue weighted by atomic mass is 9.87. The maximum Gasteiger partial charge on any atom is 0.482 e. The number of aliphatic hydroxyl groups is 1. The molecule has 11 heavy (non-hydrogen) atoms. The molecule has 1 radical (unpaired) electrons. The second kappa shape index (κ2) is 3.53. The van der Waals surface area contributed by atoms with Crippen LogP contribution in [-0.4, -0.2) is 22.8 Å². The molecule has 0 aliphatic heterocycles. The van der Waals surface area contributed by atoms with Crippen molar-refractivity contribution in [1.82, 2.24) is 0 Å². The lowest BCUT2D eigenvalue weighted by Crippen LogP contribution is -1.98. The van der Waals surface area contributed by atoms with Crippen molar-refractivity contribution in [3.63, 3.8) is 0 Å². The molecule has 4 heteroatoms. The SMILES string of the molecule is OCc1cc2ccc1-2.O[B]O. The molecule has 0 atom stereocenters. The van der Waals surface area contributed by atoms with Crippen LogP contribution in [0.4, 0.5) is 0 Å². The van der Waals surface area contributed by atoms with E-state index in [1.54, 1.807) is 0 Å². The number of rotatable bonds is 1. The highest BCUT2D eigenvalue weighted by atomic mass is 16.4. The molecular weight excluding hydrogens is 143 g/mol. The zero-order valence-electron chi connectivity index (χ0n) is 5.86. The van der Waals surface area contributed by atoms with Crippen LogP contribution in [0.15, 0.2) is 18.2 Å². The molecular formula is C7H8BO3. The summed E-state index contributed by atoms with van der Waals surface area (Å²) in [5, 5.41) is 22.6. The first-order chi connectivity index (χ1) is 5.33. The zero-order chi connectivity index (χ0) is 8.27. The van der Waals surface area contributed by atoms with E-state index in [-0.39, 0.29) is 14.3 Å². The van der Waals surface area contributed by atoms with E-state index in [1.165, 1.54) is 11.1 Å². The summed E-state index contributed by atoms with van der Waals surface area (Å²) in [5.74, 6) is 0. The van der Waals surface area contributed by atoms with Gasteiger partial charge in [0.15, 0.2) is 0 Å². The van der Waals surface area contributed by atoms with Gasteiger partial charge in [0, 0.05) is 0 Å². The van der Waals surface area contributed by atoms with Gasteiger partial charge in [0.25, 0.3) is 0 Å². The minimum absolute atomic E-state index is 0. The summed E-state index contributed by atoms with van der Waals surface area (Å²) < 4.78 is 0. The lowest BCUT2D eigenvalue weighted by Gasteiger charge is -2.18. The van der Waals surface area contributed by atoms with E-state index >= 15 is 0 Å². The Morgan fingerprint density at radius 2 is 1.91 bits per heavy atom. The van der Waals surface area contributed by atoms with Crippen LogP contribution in [-0.2, 0) is 6.61 Å². The molecule has 0 spiro atoms. The number of hydrogen-bond acceptors (Lipinski definition) is 3. The summed E-state index contributed by atoms with van der Waals surface area (Å²) in [7, 11) is 0. The topological polar surface area (TPSA) is 60.7 Å². The van der Waals surface area contributed by atoms with Crippen LogP contribution >= 0.6 is 0 Å². The molecule has 0 saturated heterocycles. The van der Waals surface area contributed by atoms with Crippen LogP contribution < -0.4 is 0 Å². The molecule has 3 N–H and O–H groups in total. The van der Waals surface area contributed by atoms with Gasteiger partial charge in [-0.05, 0) is 22.8 Å². The molecule has 0 aromatic rings. The molecule has 2 aliphatic rings. The fourth-order valence-corrected chi connectivity index (χ4v) is 1.000. The Balaban J connectivity index is 0.000000179. The molecule has 3 nitrogen and oxygen atoms in total. The Morgan fingerprint density at radius 1 is 1.27 bits per heavy atom. The fourth-order valence-electron chi connectivity index (χ4n) is 1.000.